The Morgan fingerprint density at radius 2 is 2.21 bits per heavy atom. The molecule has 4 rings (SSSR count). The number of piperazine rings is 1. The normalized spacial score (nSPS) is 24.7. The zero-order valence-corrected chi connectivity index (χ0v) is 15.2. The van der Waals surface area contributed by atoms with E-state index in [1.165, 1.54) is 10.4 Å². The fraction of sp³-hybridized carbons (Fsp3) is 0.529. The predicted molar refractivity (Wildman–Crippen MR) is 97.5 cm³/mol. The van der Waals surface area contributed by atoms with Crippen LogP contribution in [-0.2, 0) is 11.3 Å². The standard InChI is InChI=1S/C17H22N4OS.ClH/c1-2-16(22-9-1)17-20-10-14(23-17)12-21-8-7-19-11-15(21)13-3-5-18-6-4-13;/h3-6,10,15-16,19H,1-2,7-9,11-12H2;1H. The van der Waals surface area contributed by atoms with E-state index < -0.39 is 0 Å². The lowest BCUT2D eigenvalue weighted by Crippen LogP contribution is -2.45. The number of nitrogens with one attached hydrogen (secondary N) is 1. The van der Waals surface area contributed by atoms with Crippen LogP contribution in [0.4, 0.5) is 0 Å². The van der Waals surface area contributed by atoms with Crippen molar-refractivity contribution in [1.82, 2.24) is 20.2 Å². The van der Waals surface area contributed by atoms with Gasteiger partial charge in [-0.15, -0.1) is 23.7 Å². The lowest BCUT2D eigenvalue weighted by atomic mass is 10.0. The number of halogens is 1. The Morgan fingerprint density at radius 3 is 3.00 bits per heavy atom. The van der Waals surface area contributed by atoms with Gasteiger partial charge < -0.3 is 10.1 Å². The first-order valence-electron chi connectivity index (χ1n) is 8.31. The van der Waals surface area contributed by atoms with Crippen molar-refractivity contribution in [2.24, 2.45) is 0 Å². The summed E-state index contributed by atoms with van der Waals surface area (Å²) in [4.78, 5) is 12.6. The highest BCUT2D eigenvalue weighted by Gasteiger charge is 2.25. The molecule has 4 heterocycles. The zero-order chi connectivity index (χ0) is 15.5. The van der Waals surface area contributed by atoms with Gasteiger partial charge >= 0.3 is 0 Å². The third-order valence-corrected chi connectivity index (χ3v) is 5.65. The van der Waals surface area contributed by atoms with Gasteiger partial charge in [-0.2, -0.15) is 0 Å². The van der Waals surface area contributed by atoms with E-state index in [9.17, 15) is 0 Å². The molecule has 2 saturated heterocycles. The van der Waals surface area contributed by atoms with Gasteiger partial charge in [-0.3, -0.25) is 9.88 Å². The fourth-order valence-electron chi connectivity index (χ4n) is 3.37. The number of hydrogen-bond donors (Lipinski definition) is 1. The Bertz CT molecular complexity index is 633. The summed E-state index contributed by atoms with van der Waals surface area (Å²) in [6.45, 7) is 4.92. The van der Waals surface area contributed by atoms with E-state index in [-0.39, 0.29) is 18.5 Å². The zero-order valence-electron chi connectivity index (χ0n) is 13.6. The second-order valence-electron chi connectivity index (χ2n) is 6.14. The Labute approximate surface area is 152 Å². The summed E-state index contributed by atoms with van der Waals surface area (Å²) in [7, 11) is 0. The number of pyridine rings is 1. The highest BCUT2D eigenvalue weighted by Crippen LogP contribution is 2.32. The van der Waals surface area contributed by atoms with E-state index in [0.29, 0.717) is 6.04 Å². The molecule has 2 fully saturated rings. The van der Waals surface area contributed by atoms with Crippen molar-refractivity contribution in [1.29, 1.82) is 0 Å². The summed E-state index contributed by atoms with van der Waals surface area (Å²) in [5.74, 6) is 0. The van der Waals surface area contributed by atoms with Gasteiger partial charge in [0.1, 0.15) is 11.1 Å². The maximum absolute atomic E-state index is 5.75. The maximum Gasteiger partial charge on any atom is 0.122 e. The van der Waals surface area contributed by atoms with Crippen LogP contribution in [0.2, 0.25) is 0 Å². The van der Waals surface area contributed by atoms with Crippen LogP contribution in [0.5, 0.6) is 0 Å². The van der Waals surface area contributed by atoms with Crippen LogP contribution in [0.3, 0.4) is 0 Å². The molecule has 0 aromatic carbocycles. The molecule has 1 N–H and O–H groups in total. The van der Waals surface area contributed by atoms with Crippen molar-refractivity contribution in [3.05, 3.63) is 46.2 Å². The summed E-state index contributed by atoms with van der Waals surface area (Å²) < 4.78 is 5.75. The molecule has 2 atom stereocenters. The quantitative estimate of drug-likeness (QED) is 0.901. The van der Waals surface area contributed by atoms with Crippen molar-refractivity contribution in [2.75, 3.05) is 26.2 Å². The first-order chi connectivity index (χ1) is 11.4. The summed E-state index contributed by atoms with van der Waals surface area (Å²) in [5.41, 5.74) is 1.33. The number of thiazole rings is 1. The van der Waals surface area contributed by atoms with Gasteiger partial charge in [0.2, 0.25) is 0 Å². The van der Waals surface area contributed by atoms with E-state index in [1.807, 2.05) is 29.9 Å². The number of nitrogens with zero attached hydrogens (tertiary/aromatic N) is 3. The Kier molecular flexibility index (Phi) is 6.19. The number of ether oxygens (including phenoxy) is 1. The van der Waals surface area contributed by atoms with Crippen molar-refractivity contribution in [2.45, 2.75) is 31.5 Å². The third kappa shape index (κ3) is 3.95. The molecular formula is C17H23ClN4OS. The van der Waals surface area contributed by atoms with Crippen molar-refractivity contribution < 1.29 is 4.74 Å². The smallest absolute Gasteiger partial charge is 0.122 e. The topological polar surface area (TPSA) is 50.3 Å². The van der Waals surface area contributed by atoms with Gasteiger partial charge in [0.25, 0.3) is 0 Å². The average Bonchev–Trinajstić information content (AvgIpc) is 3.27. The van der Waals surface area contributed by atoms with Crippen LogP contribution >= 0.6 is 23.7 Å². The Hall–Kier alpha value is -1.05. The van der Waals surface area contributed by atoms with E-state index in [1.54, 1.807) is 0 Å². The lowest BCUT2D eigenvalue weighted by molar-refractivity contribution is 0.111. The van der Waals surface area contributed by atoms with Crippen LogP contribution in [0.1, 0.15) is 40.4 Å². The van der Waals surface area contributed by atoms with E-state index >= 15 is 0 Å². The van der Waals surface area contributed by atoms with Gasteiger partial charge in [0.05, 0.1) is 0 Å². The SMILES string of the molecule is Cl.c1cc(C2CNCCN2Cc2cnc(C3CCCO3)s2)ccn1. The highest BCUT2D eigenvalue weighted by atomic mass is 35.5. The summed E-state index contributed by atoms with van der Waals surface area (Å²) >= 11 is 1.81. The number of aromatic nitrogens is 2. The predicted octanol–water partition coefficient (Wildman–Crippen LogP) is 2.96. The van der Waals surface area contributed by atoms with Gasteiger partial charge in [-0.05, 0) is 30.5 Å². The van der Waals surface area contributed by atoms with Crippen molar-refractivity contribution in [3.63, 3.8) is 0 Å². The van der Waals surface area contributed by atoms with Crippen LogP contribution in [0, 0.1) is 0 Å². The van der Waals surface area contributed by atoms with Crippen LogP contribution in [-0.4, -0.2) is 41.1 Å². The fourth-order valence-corrected chi connectivity index (χ4v) is 4.39. The molecule has 2 aromatic heterocycles. The number of rotatable bonds is 4. The molecule has 2 aromatic rings. The molecule has 0 saturated carbocycles. The highest BCUT2D eigenvalue weighted by molar-refractivity contribution is 7.11. The minimum absolute atomic E-state index is 0. The maximum atomic E-state index is 5.75. The molecule has 0 bridgehead atoms. The molecule has 0 radical (unpaired) electrons. The average molecular weight is 367 g/mol. The van der Waals surface area contributed by atoms with Crippen LogP contribution in [0.15, 0.2) is 30.7 Å². The van der Waals surface area contributed by atoms with E-state index in [0.717, 1.165) is 50.6 Å². The monoisotopic (exact) mass is 366 g/mol. The molecule has 7 heteroatoms. The first-order valence-corrected chi connectivity index (χ1v) is 9.13. The largest absolute Gasteiger partial charge is 0.371 e. The van der Waals surface area contributed by atoms with E-state index in [2.05, 4.69) is 32.3 Å². The van der Waals surface area contributed by atoms with Crippen LogP contribution in [0.25, 0.3) is 0 Å². The third-order valence-electron chi connectivity index (χ3n) is 4.58. The van der Waals surface area contributed by atoms with Gasteiger partial charge in [0, 0.05) is 62.3 Å². The molecule has 0 amide bonds. The van der Waals surface area contributed by atoms with Gasteiger partial charge in [-0.1, -0.05) is 0 Å². The lowest BCUT2D eigenvalue weighted by Gasteiger charge is -2.36. The molecule has 0 aliphatic carbocycles. The van der Waals surface area contributed by atoms with Crippen molar-refractivity contribution in [3.8, 4) is 0 Å². The number of hydrogen-bond acceptors (Lipinski definition) is 6. The second-order valence-corrected chi connectivity index (χ2v) is 7.28. The molecule has 2 aliphatic heterocycles. The minimum Gasteiger partial charge on any atom is -0.371 e. The molecule has 24 heavy (non-hydrogen) atoms. The molecular weight excluding hydrogens is 344 g/mol. The summed E-state index contributed by atoms with van der Waals surface area (Å²) in [5, 5.41) is 4.65. The Morgan fingerprint density at radius 1 is 1.33 bits per heavy atom. The Balaban J connectivity index is 0.00000169. The van der Waals surface area contributed by atoms with Crippen LogP contribution < -0.4 is 5.32 Å². The van der Waals surface area contributed by atoms with Crippen molar-refractivity contribution >= 4 is 23.7 Å². The molecule has 130 valence electrons. The molecule has 5 nitrogen and oxygen atoms in total. The molecule has 2 unspecified atom stereocenters. The molecule has 0 spiro atoms. The molecule has 2 aliphatic rings. The van der Waals surface area contributed by atoms with Gasteiger partial charge in [0.15, 0.2) is 0 Å². The minimum atomic E-state index is 0. The second kappa shape index (κ2) is 8.36. The summed E-state index contributed by atoms with van der Waals surface area (Å²) in [6, 6.07) is 4.64. The summed E-state index contributed by atoms with van der Waals surface area (Å²) in [6.07, 6.45) is 8.29. The van der Waals surface area contributed by atoms with E-state index in [4.69, 9.17) is 4.74 Å². The van der Waals surface area contributed by atoms with Gasteiger partial charge in [-0.25, -0.2) is 4.98 Å². The first kappa shape index (κ1) is 17.8.